The molecule has 0 saturated carbocycles. The first-order valence-electron chi connectivity index (χ1n) is 7.15. The largest absolute Gasteiger partial charge is 0.307 e. The van der Waals surface area contributed by atoms with E-state index in [0.29, 0.717) is 10.9 Å². The SMILES string of the molecule is CCSCC(C)NC(C)c1ccc(S(=O)(=O)N(C)C)cc1. The summed E-state index contributed by atoms with van der Waals surface area (Å²) in [5, 5.41) is 3.53. The van der Waals surface area contributed by atoms with Gasteiger partial charge in [0.25, 0.3) is 0 Å². The summed E-state index contributed by atoms with van der Waals surface area (Å²) < 4.78 is 25.3. The smallest absolute Gasteiger partial charge is 0.242 e. The van der Waals surface area contributed by atoms with E-state index in [1.807, 2.05) is 23.9 Å². The molecule has 0 bridgehead atoms. The fraction of sp³-hybridized carbons (Fsp3) is 0.600. The summed E-state index contributed by atoms with van der Waals surface area (Å²) in [6.07, 6.45) is 0. The Morgan fingerprint density at radius 2 is 1.76 bits per heavy atom. The van der Waals surface area contributed by atoms with Gasteiger partial charge >= 0.3 is 0 Å². The van der Waals surface area contributed by atoms with Gasteiger partial charge in [0.2, 0.25) is 10.0 Å². The molecule has 0 radical (unpaired) electrons. The van der Waals surface area contributed by atoms with Crippen molar-refractivity contribution in [1.82, 2.24) is 9.62 Å². The molecule has 2 atom stereocenters. The van der Waals surface area contributed by atoms with Gasteiger partial charge in [0.1, 0.15) is 0 Å². The molecular weight excluding hydrogens is 304 g/mol. The summed E-state index contributed by atoms with van der Waals surface area (Å²) in [6, 6.07) is 7.74. The minimum absolute atomic E-state index is 0.202. The minimum atomic E-state index is -3.34. The van der Waals surface area contributed by atoms with Crippen molar-refractivity contribution in [1.29, 1.82) is 0 Å². The Balaban J connectivity index is 2.74. The number of thioether (sulfide) groups is 1. The van der Waals surface area contributed by atoms with E-state index in [9.17, 15) is 8.42 Å². The molecule has 4 nitrogen and oxygen atoms in total. The van der Waals surface area contributed by atoms with Crippen LogP contribution < -0.4 is 5.32 Å². The van der Waals surface area contributed by atoms with Crippen molar-refractivity contribution in [3.8, 4) is 0 Å². The highest BCUT2D eigenvalue weighted by Crippen LogP contribution is 2.19. The average molecular weight is 331 g/mol. The number of nitrogens with one attached hydrogen (secondary N) is 1. The zero-order chi connectivity index (χ0) is 16.0. The third-order valence-electron chi connectivity index (χ3n) is 3.27. The van der Waals surface area contributed by atoms with E-state index >= 15 is 0 Å². The Labute approximate surface area is 133 Å². The Morgan fingerprint density at radius 3 is 2.24 bits per heavy atom. The standard InChI is InChI=1S/C15H26N2O2S2/c1-6-20-11-12(2)16-13(3)14-7-9-15(10-8-14)21(18,19)17(4)5/h7-10,12-13,16H,6,11H2,1-5H3. The van der Waals surface area contributed by atoms with Crippen LogP contribution in [0.1, 0.15) is 32.4 Å². The van der Waals surface area contributed by atoms with Gasteiger partial charge in [0.05, 0.1) is 4.90 Å². The summed E-state index contributed by atoms with van der Waals surface area (Å²) in [7, 11) is -0.260. The van der Waals surface area contributed by atoms with Crippen molar-refractivity contribution < 1.29 is 8.42 Å². The van der Waals surface area contributed by atoms with Crippen LogP contribution in [0.15, 0.2) is 29.2 Å². The lowest BCUT2D eigenvalue weighted by molar-refractivity contribution is 0.509. The third kappa shape index (κ3) is 5.29. The molecule has 2 unspecified atom stereocenters. The molecule has 120 valence electrons. The summed E-state index contributed by atoms with van der Waals surface area (Å²) in [5.41, 5.74) is 1.10. The molecule has 1 aromatic carbocycles. The van der Waals surface area contributed by atoms with Gasteiger partial charge in [-0.25, -0.2) is 12.7 Å². The highest BCUT2D eigenvalue weighted by molar-refractivity contribution is 7.99. The molecule has 0 aliphatic heterocycles. The second-order valence-corrected chi connectivity index (χ2v) is 8.78. The quantitative estimate of drug-likeness (QED) is 0.796. The maximum Gasteiger partial charge on any atom is 0.242 e. The second-order valence-electron chi connectivity index (χ2n) is 5.31. The first-order valence-corrected chi connectivity index (χ1v) is 9.74. The van der Waals surface area contributed by atoms with E-state index in [4.69, 9.17) is 0 Å². The molecule has 21 heavy (non-hydrogen) atoms. The fourth-order valence-corrected chi connectivity index (χ4v) is 3.59. The summed E-state index contributed by atoms with van der Waals surface area (Å²) in [6.45, 7) is 6.43. The predicted molar refractivity (Wildman–Crippen MR) is 91.3 cm³/mol. The summed E-state index contributed by atoms with van der Waals surface area (Å²) in [5.74, 6) is 2.20. The number of benzene rings is 1. The Kier molecular flexibility index (Phi) is 7.20. The normalized spacial score (nSPS) is 15.1. The van der Waals surface area contributed by atoms with Crippen LogP contribution in [0.2, 0.25) is 0 Å². The molecule has 0 aliphatic carbocycles. The molecule has 1 N–H and O–H groups in total. The minimum Gasteiger partial charge on any atom is -0.307 e. The molecular formula is C15H26N2O2S2. The van der Waals surface area contributed by atoms with Gasteiger partial charge in [-0.3, -0.25) is 0 Å². The van der Waals surface area contributed by atoms with Gasteiger partial charge in [0.15, 0.2) is 0 Å². The van der Waals surface area contributed by atoms with Crippen molar-refractivity contribution in [2.24, 2.45) is 0 Å². The zero-order valence-corrected chi connectivity index (χ0v) is 15.1. The van der Waals surface area contributed by atoms with Crippen molar-refractivity contribution in [3.63, 3.8) is 0 Å². The zero-order valence-electron chi connectivity index (χ0n) is 13.5. The van der Waals surface area contributed by atoms with E-state index in [-0.39, 0.29) is 6.04 Å². The van der Waals surface area contributed by atoms with Crippen LogP contribution in [-0.2, 0) is 10.0 Å². The number of rotatable bonds is 8. The Bertz CT molecular complexity index is 527. The predicted octanol–water partition coefficient (Wildman–Crippen LogP) is 2.73. The van der Waals surface area contributed by atoms with Crippen molar-refractivity contribution in [2.75, 3.05) is 25.6 Å². The Morgan fingerprint density at radius 1 is 1.19 bits per heavy atom. The van der Waals surface area contributed by atoms with Gasteiger partial charge in [0, 0.05) is 31.9 Å². The molecule has 0 amide bonds. The van der Waals surface area contributed by atoms with Crippen LogP contribution >= 0.6 is 11.8 Å². The highest BCUT2D eigenvalue weighted by atomic mass is 32.2. The van der Waals surface area contributed by atoms with E-state index in [0.717, 1.165) is 17.1 Å². The lowest BCUT2D eigenvalue weighted by Crippen LogP contribution is -2.31. The molecule has 0 saturated heterocycles. The van der Waals surface area contributed by atoms with Crippen LogP contribution in [0.3, 0.4) is 0 Å². The van der Waals surface area contributed by atoms with E-state index in [1.165, 1.54) is 4.31 Å². The maximum absolute atomic E-state index is 12.0. The molecule has 0 aromatic heterocycles. The molecule has 1 rings (SSSR count). The van der Waals surface area contributed by atoms with Crippen molar-refractivity contribution >= 4 is 21.8 Å². The van der Waals surface area contributed by atoms with Crippen LogP contribution in [-0.4, -0.2) is 44.4 Å². The summed E-state index contributed by atoms with van der Waals surface area (Å²) >= 11 is 1.92. The highest BCUT2D eigenvalue weighted by Gasteiger charge is 2.17. The van der Waals surface area contributed by atoms with Gasteiger partial charge in [-0.05, 0) is 37.3 Å². The monoisotopic (exact) mass is 330 g/mol. The van der Waals surface area contributed by atoms with Crippen LogP contribution in [0.5, 0.6) is 0 Å². The molecule has 0 aliphatic rings. The third-order valence-corrected chi connectivity index (χ3v) is 6.24. The molecule has 0 fully saturated rings. The molecule has 0 heterocycles. The Hall–Kier alpha value is -0.560. The number of hydrogen-bond acceptors (Lipinski definition) is 4. The van der Waals surface area contributed by atoms with Gasteiger partial charge in [-0.2, -0.15) is 11.8 Å². The van der Waals surface area contributed by atoms with Crippen molar-refractivity contribution in [3.05, 3.63) is 29.8 Å². The van der Waals surface area contributed by atoms with Crippen LogP contribution in [0.4, 0.5) is 0 Å². The number of sulfonamides is 1. The molecule has 6 heteroatoms. The van der Waals surface area contributed by atoms with Crippen LogP contribution in [0.25, 0.3) is 0 Å². The van der Waals surface area contributed by atoms with E-state index in [1.54, 1.807) is 26.2 Å². The van der Waals surface area contributed by atoms with E-state index in [2.05, 4.69) is 26.1 Å². The first kappa shape index (κ1) is 18.5. The lowest BCUT2D eigenvalue weighted by atomic mass is 10.1. The summed E-state index contributed by atoms with van der Waals surface area (Å²) in [4.78, 5) is 0.332. The molecule has 0 spiro atoms. The fourth-order valence-electron chi connectivity index (χ4n) is 2.01. The lowest BCUT2D eigenvalue weighted by Gasteiger charge is -2.20. The van der Waals surface area contributed by atoms with Gasteiger partial charge in [-0.1, -0.05) is 19.1 Å². The van der Waals surface area contributed by atoms with Crippen LogP contribution in [0, 0.1) is 0 Å². The molecule has 1 aromatic rings. The second kappa shape index (κ2) is 8.17. The first-order chi connectivity index (χ1) is 9.78. The van der Waals surface area contributed by atoms with Gasteiger partial charge < -0.3 is 5.32 Å². The average Bonchev–Trinajstić information content (AvgIpc) is 2.45. The van der Waals surface area contributed by atoms with Gasteiger partial charge in [-0.15, -0.1) is 0 Å². The number of nitrogens with zero attached hydrogens (tertiary/aromatic N) is 1. The number of hydrogen-bond donors (Lipinski definition) is 1. The van der Waals surface area contributed by atoms with Crippen molar-refractivity contribution in [2.45, 2.75) is 37.8 Å². The topological polar surface area (TPSA) is 49.4 Å². The maximum atomic E-state index is 12.0. The van der Waals surface area contributed by atoms with E-state index < -0.39 is 10.0 Å².